The molecule has 2 rings (SSSR count). The summed E-state index contributed by atoms with van der Waals surface area (Å²) < 4.78 is 5.11. The highest BCUT2D eigenvalue weighted by molar-refractivity contribution is 5.98. The van der Waals surface area contributed by atoms with Crippen LogP contribution >= 0.6 is 0 Å². The SMILES string of the molecule is COCC1CCCN(C(=O)c2cccc([N+](=O)[O-])c2O)C1. The Labute approximate surface area is 122 Å². The van der Waals surface area contributed by atoms with Crippen molar-refractivity contribution in [2.45, 2.75) is 12.8 Å². The van der Waals surface area contributed by atoms with E-state index in [1.54, 1.807) is 12.0 Å². The molecule has 1 atom stereocenters. The molecule has 114 valence electrons. The fourth-order valence-corrected chi connectivity index (χ4v) is 2.64. The molecule has 0 spiro atoms. The number of para-hydroxylation sites is 1. The lowest BCUT2D eigenvalue weighted by Crippen LogP contribution is -2.41. The van der Waals surface area contributed by atoms with E-state index in [1.165, 1.54) is 18.2 Å². The summed E-state index contributed by atoms with van der Waals surface area (Å²) in [5.41, 5.74) is -0.478. The van der Waals surface area contributed by atoms with E-state index in [4.69, 9.17) is 4.74 Å². The molecule has 1 aliphatic heterocycles. The minimum absolute atomic E-state index is 0.0257. The number of carbonyl (C=O) groups excluding carboxylic acids is 1. The van der Waals surface area contributed by atoms with Gasteiger partial charge in [-0.1, -0.05) is 6.07 Å². The molecule has 21 heavy (non-hydrogen) atoms. The molecule has 0 saturated carbocycles. The Bertz CT molecular complexity index is 544. The third kappa shape index (κ3) is 3.30. The van der Waals surface area contributed by atoms with E-state index >= 15 is 0 Å². The van der Waals surface area contributed by atoms with E-state index in [9.17, 15) is 20.0 Å². The number of phenols is 1. The number of hydrogen-bond acceptors (Lipinski definition) is 5. The van der Waals surface area contributed by atoms with E-state index in [-0.39, 0.29) is 17.4 Å². The van der Waals surface area contributed by atoms with Gasteiger partial charge in [0.05, 0.1) is 17.1 Å². The molecule has 7 nitrogen and oxygen atoms in total. The van der Waals surface area contributed by atoms with Crippen molar-refractivity contribution in [3.8, 4) is 5.75 Å². The quantitative estimate of drug-likeness (QED) is 0.675. The summed E-state index contributed by atoms with van der Waals surface area (Å²) in [7, 11) is 1.62. The predicted molar refractivity (Wildman–Crippen MR) is 75.3 cm³/mol. The van der Waals surface area contributed by atoms with Crippen LogP contribution in [0, 0.1) is 16.0 Å². The number of likely N-dealkylation sites (tertiary alicyclic amines) is 1. The molecular weight excluding hydrogens is 276 g/mol. The number of aromatic hydroxyl groups is 1. The fraction of sp³-hybridized carbons (Fsp3) is 0.500. The molecule has 1 N–H and O–H groups in total. The number of nitro benzene ring substituents is 1. The molecule has 1 heterocycles. The number of hydrogen-bond donors (Lipinski definition) is 1. The van der Waals surface area contributed by atoms with Gasteiger partial charge in [-0.3, -0.25) is 14.9 Å². The minimum Gasteiger partial charge on any atom is -0.502 e. The summed E-state index contributed by atoms with van der Waals surface area (Å²) in [5.74, 6) is -0.688. The van der Waals surface area contributed by atoms with Gasteiger partial charge in [0.2, 0.25) is 5.75 Å². The lowest BCUT2D eigenvalue weighted by atomic mass is 9.98. The van der Waals surface area contributed by atoms with Crippen LogP contribution in [0.3, 0.4) is 0 Å². The molecule has 1 aromatic rings. The van der Waals surface area contributed by atoms with E-state index in [2.05, 4.69) is 0 Å². The molecule has 7 heteroatoms. The molecule has 1 aromatic carbocycles. The molecule has 1 aliphatic rings. The summed E-state index contributed by atoms with van der Waals surface area (Å²) in [6.45, 7) is 1.70. The number of piperidine rings is 1. The zero-order valence-corrected chi connectivity index (χ0v) is 11.8. The summed E-state index contributed by atoms with van der Waals surface area (Å²) in [6, 6.07) is 3.99. The first kappa shape index (κ1) is 15.2. The molecular formula is C14H18N2O5. The van der Waals surface area contributed by atoms with E-state index in [0.717, 1.165) is 12.8 Å². The zero-order chi connectivity index (χ0) is 15.4. The van der Waals surface area contributed by atoms with Gasteiger partial charge in [-0.2, -0.15) is 0 Å². The van der Waals surface area contributed by atoms with Gasteiger partial charge >= 0.3 is 5.69 Å². The van der Waals surface area contributed by atoms with Crippen molar-refractivity contribution >= 4 is 11.6 Å². The number of benzene rings is 1. The van der Waals surface area contributed by atoms with Gasteiger partial charge in [0, 0.05) is 26.3 Å². The first-order chi connectivity index (χ1) is 10.0. The van der Waals surface area contributed by atoms with Gasteiger partial charge in [-0.05, 0) is 24.8 Å². The summed E-state index contributed by atoms with van der Waals surface area (Å²) in [4.78, 5) is 24.2. The van der Waals surface area contributed by atoms with Crippen LogP contribution in [0.15, 0.2) is 18.2 Å². The van der Waals surface area contributed by atoms with Crippen molar-refractivity contribution in [2.24, 2.45) is 5.92 Å². The molecule has 0 aromatic heterocycles. The number of methoxy groups -OCH3 is 1. The largest absolute Gasteiger partial charge is 0.502 e. The van der Waals surface area contributed by atoms with Crippen LogP contribution in [0.5, 0.6) is 5.75 Å². The van der Waals surface area contributed by atoms with Crippen LogP contribution in [0.4, 0.5) is 5.69 Å². The summed E-state index contributed by atoms with van der Waals surface area (Å²) in [6.07, 6.45) is 1.84. The number of rotatable bonds is 4. The Morgan fingerprint density at radius 2 is 2.33 bits per heavy atom. The standard InChI is InChI=1S/C14H18N2O5/c1-21-9-10-4-3-7-15(8-10)14(18)11-5-2-6-12(13(11)17)16(19)20/h2,5-6,10,17H,3-4,7-9H2,1H3. The normalized spacial score (nSPS) is 18.5. The third-order valence-electron chi connectivity index (χ3n) is 3.65. The van der Waals surface area contributed by atoms with E-state index < -0.39 is 16.4 Å². The molecule has 1 fully saturated rings. The molecule has 1 amide bonds. The highest BCUT2D eigenvalue weighted by Crippen LogP contribution is 2.31. The summed E-state index contributed by atoms with van der Waals surface area (Å²) >= 11 is 0. The number of amides is 1. The average Bonchev–Trinajstić information content (AvgIpc) is 2.47. The van der Waals surface area contributed by atoms with Crippen molar-refractivity contribution in [1.29, 1.82) is 0 Å². The summed E-state index contributed by atoms with van der Waals surface area (Å²) in [5, 5.41) is 20.7. The maximum atomic E-state index is 12.4. The highest BCUT2D eigenvalue weighted by Gasteiger charge is 2.28. The zero-order valence-electron chi connectivity index (χ0n) is 11.8. The van der Waals surface area contributed by atoms with Gasteiger partial charge in [0.1, 0.15) is 0 Å². The van der Waals surface area contributed by atoms with Crippen molar-refractivity contribution in [2.75, 3.05) is 26.8 Å². The number of ether oxygens (including phenoxy) is 1. The van der Waals surface area contributed by atoms with Crippen LogP contribution in [0.25, 0.3) is 0 Å². The highest BCUT2D eigenvalue weighted by atomic mass is 16.6. The fourth-order valence-electron chi connectivity index (χ4n) is 2.64. The monoisotopic (exact) mass is 294 g/mol. The Hall–Kier alpha value is -2.15. The van der Waals surface area contributed by atoms with Crippen LogP contribution in [-0.2, 0) is 4.74 Å². The first-order valence-electron chi connectivity index (χ1n) is 6.79. The van der Waals surface area contributed by atoms with Crippen molar-refractivity contribution in [3.05, 3.63) is 33.9 Å². The third-order valence-corrected chi connectivity index (χ3v) is 3.65. The van der Waals surface area contributed by atoms with Crippen LogP contribution in [0.1, 0.15) is 23.2 Å². The number of carbonyl (C=O) groups is 1. The average molecular weight is 294 g/mol. The van der Waals surface area contributed by atoms with Gasteiger partial charge in [0.15, 0.2) is 0 Å². The lowest BCUT2D eigenvalue weighted by Gasteiger charge is -2.32. The second-order valence-electron chi connectivity index (χ2n) is 5.15. The molecule has 1 saturated heterocycles. The smallest absolute Gasteiger partial charge is 0.311 e. The molecule has 0 aliphatic carbocycles. The minimum atomic E-state index is -0.698. The Kier molecular flexibility index (Phi) is 4.74. The maximum Gasteiger partial charge on any atom is 0.311 e. The Morgan fingerprint density at radius 1 is 1.57 bits per heavy atom. The van der Waals surface area contributed by atoms with Crippen molar-refractivity contribution in [1.82, 2.24) is 4.90 Å². The Morgan fingerprint density at radius 3 is 3.00 bits per heavy atom. The first-order valence-corrected chi connectivity index (χ1v) is 6.79. The topological polar surface area (TPSA) is 92.9 Å². The number of nitro groups is 1. The second-order valence-corrected chi connectivity index (χ2v) is 5.15. The molecule has 0 bridgehead atoms. The van der Waals surface area contributed by atoms with Crippen molar-refractivity contribution in [3.63, 3.8) is 0 Å². The second kappa shape index (κ2) is 6.53. The van der Waals surface area contributed by atoms with Crippen LogP contribution in [0.2, 0.25) is 0 Å². The Balaban J connectivity index is 2.20. The predicted octanol–water partition coefficient (Wildman–Crippen LogP) is 1.80. The van der Waals surface area contributed by atoms with E-state index in [0.29, 0.717) is 19.7 Å². The van der Waals surface area contributed by atoms with Gasteiger partial charge in [-0.15, -0.1) is 0 Å². The van der Waals surface area contributed by atoms with Gasteiger partial charge < -0.3 is 14.7 Å². The maximum absolute atomic E-state index is 12.4. The van der Waals surface area contributed by atoms with Gasteiger partial charge in [-0.25, -0.2) is 0 Å². The number of phenolic OH excluding ortho intramolecular Hbond substituents is 1. The lowest BCUT2D eigenvalue weighted by molar-refractivity contribution is -0.385. The van der Waals surface area contributed by atoms with Crippen LogP contribution < -0.4 is 0 Å². The van der Waals surface area contributed by atoms with Gasteiger partial charge in [0.25, 0.3) is 5.91 Å². The molecule has 1 unspecified atom stereocenters. The van der Waals surface area contributed by atoms with E-state index in [1.807, 2.05) is 0 Å². The van der Waals surface area contributed by atoms with Crippen LogP contribution in [-0.4, -0.2) is 47.6 Å². The number of nitrogens with zero attached hydrogens (tertiary/aromatic N) is 2. The van der Waals surface area contributed by atoms with Crippen molar-refractivity contribution < 1.29 is 19.6 Å². The molecule has 0 radical (unpaired) electrons.